The summed E-state index contributed by atoms with van der Waals surface area (Å²) in [4.78, 5) is 11.4. The van der Waals surface area contributed by atoms with Gasteiger partial charge in [0.1, 0.15) is 11.5 Å². The lowest BCUT2D eigenvalue weighted by molar-refractivity contribution is 0.132. The monoisotopic (exact) mass is 366 g/mol. The average Bonchev–Trinajstić information content (AvgIpc) is 3.16. The summed E-state index contributed by atoms with van der Waals surface area (Å²) in [5.74, 6) is 1.23. The third-order valence-corrected chi connectivity index (χ3v) is 5.25. The average molecular weight is 366 g/mol. The van der Waals surface area contributed by atoms with E-state index in [0.29, 0.717) is 17.6 Å². The molecule has 1 saturated heterocycles. The van der Waals surface area contributed by atoms with E-state index in [1.54, 1.807) is 6.20 Å². The van der Waals surface area contributed by atoms with E-state index in [1.807, 2.05) is 31.2 Å². The van der Waals surface area contributed by atoms with Crippen LogP contribution in [-0.4, -0.2) is 32.6 Å². The zero-order chi connectivity index (χ0) is 18.8. The van der Waals surface area contributed by atoms with Crippen LogP contribution in [0.4, 0.5) is 4.39 Å². The number of piperidine rings is 1. The van der Waals surface area contributed by atoms with Crippen LogP contribution in [-0.2, 0) is 6.54 Å². The molecule has 0 N–H and O–H groups in total. The van der Waals surface area contributed by atoms with Gasteiger partial charge in [-0.1, -0.05) is 23.4 Å². The second kappa shape index (κ2) is 7.56. The molecular weight excluding hydrogens is 343 g/mol. The van der Waals surface area contributed by atoms with Crippen molar-refractivity contribution in [2.24, 2.45) is 0 Å². The normalized spacial score (nSPS) is 20.7. The first-order valence-electron chi connectivity index (χ1n) is 9.33. The quantitative estimate of drug-likeness (QED) is 0.687. The number of hydrogen-bond acceptors (Lipinski definition) is 5. The van der Waals surface area contributed by atoms with Crippen LogP contribution in [0, 0.1) is 12.7 Å². The molecule has 0 spiro atoms. The predicted octanol–water partition coefficient (Wildman–Crippen LogP) is 4.35. The van der Waals surface area contributed by atoms with Crippen LogP contribution < -0.4 is 0 Å². The van der Waals surface area contributed by atoms with Crippen LogP contribution in [0.2, 0.25) is 0 Å². The number of pyridine rings is 1. The van der Waals surface area contributed by atoms with Crippen molar-refractivity contribution in [3.8, 4) is 11.6 Å². The molecule has 140 valence electrons. The van der Waals surface area contributed by atoms with E-state index >= 15 is 0 Å². The molecule has 1 aliphatic rings. The highest BCUT2D eigenvalue weighted by atomic mass is 19.1. The van der Waals surface area contributed by atoms with Crippen LogP contribution in [0.25, 0.3) is 11.6 Å². The third-order valence-electron chi connectivity index (χ3n) is 5.25. The van der Waals surface area contributed by atoms with Crippen LogP contribution in [0.1, 0.15) is 42.6 Å². The molecule has 3 heterocycles. The summed E-state index contributed by atoms with van der Waals surface area (Å²) in [5, 5.41) is 4.21. The highest BCUT2D eigenvalue weighted by Crippen LogP contribution is 2.30. The summed E-state index contributed by atoms with van der Waals surface area (Å²) in [6.07, 6.45) is 3.89. The van der Waals surface area contributed by atoms with Gasteiger partial charge in [-0.3, -0.25) is 9.88 Å². The molecule has 1 aliphatic heterocycles. The fraction of sp³-hybridized carbons (Fsp3) is 0.381. The van der Waals surface area contributed by atoms with Crippen LogP contribution in [0.3, 0.4) is 0 Å². The molecule has 0 saturated carbocycles. The van der Waals surface area contributed by atoms with Crippen molar-refractivity contribution in [2.75, 3.05) is 6.54 Å². The van der Waals surface area contributed by atoms with Crippen LogP contribution >= 0.6 is 0 Å². The van der Waals surface area contributed by atoms with Crippen molar-refractivity contribution < 1.29 is 8.91 Å². The molecule has 0 bridgehead atoms. The molecule has 0 radical (unpaired) electrons. The van der Waals surface area contributed by atoms with Gasteiger partial charge in [0.15, 0.2) is 5.82 Å². The minimum atomic E-state index is -0.202. The summed E-state index contributed by atoms with van der Waals surface area (Å²) in [6.45, 7) is 5.88. The Labute approximate surface area is 158 Å². The van der Waals surface area contributed by atoms with Gasteiger partial charge in [-0.2, -0.15) is 4.98 Å². The standard InChI is InChI=1S/C21H23FN4O/c1-14-3-10-19(23-11-14)21-24-20(25-27-21)17-7-4-15(2)26(13-17)12-16-5-8-18(22)9-6-16/h3,5-6,8-11,15,17H,4,7,12-13H2,1-2H3. The molecule has 2 unspecified atom stereocenters. The number of aryl methyl sites for hydroxylation is 1. The van der Waals surface area contributed by atoms with E-state index in [-0.39, 0.29) is 11.7 Å². The second-order valence-corrected chi connectivity index (χ2v) is 7.36. The summed E-state index contributed by atoms with van der Waals surface area (Å²) in [5.41, 5.74) is 2.91. The Morgan fingerprint density at radius 3 is 2.70 bits per heavy atom. The smallest absolute Gasteiger partial charge is 0.276 e. The van der Waals surface area contributed by atoms with Crippen molar-refractivity contribution in [1.82, 2.24) is 20.0 Å². The number of rotatable bonds is 4. The van der Waals surface area contributed by atoms with E-state index in [0.717, 1.165) is 42.9 Å². The topological polar surface area (TPSA) is 55.1 Å². The van der Waals surface area contributed by atoms with Gasteiger partial charge in [0.25, 0.3) is 5.89 Å². The van der Waals surface area contributed by atoms with Gasteiger partial charge in [0.2, 0.25) is 0 Å². The minimum absolute atomic E-state index is 0.202. The molecule has 2 aromatic heterocycles. The van der Waals surface area contributed by atoms with Crippen LogP contribution in [0.5, 0.6) is 0 Å². The maximum Gasteiger partial charge on any atom is 0.276 e. The summed E-state index contributed by atoms with van der Waals surface area (Å²) < 4.78 is 18.6. The van der Waals surface area contributed by atoms with E-state index in [1.165, 1.54) is 12.1 Å². The minimum Gasteiger partial charge on any atom is -0.332 e. The lowest BCUT2D eigenvalue weighted by Crippen LogP contribution is -2.40. The summed E-state index contributed by atoms with van der Waals surface area (Å²) >= 11 is 0. The molecule has 1 aromatic carbocycles. The Hall–Kier alpha value is -2.60. The first-order valence-corrected chi connectivity index (χ1v) is 9.33. The van der Waals surface area contributed by atoms with Gasteiger partial charge >= 0.3 is 0 Å². The van der Waals surface area contributed by atoms with Crippen molar-refractivity contribution >= 4 is 0 Å². The van der Waals surface area contributed by atoms with E-state index in [9.17, 15) is 4.39 Å². The molecule has 5 nitrogen and oxygen atoms in total. The van der Waals surface area contributed by atoms with E-state index in [2.05, 4.69) is 26.9 Å². The van der Waals surface area contributed by atoms with Crippen molar-refractivity contribution in [2.45, 2.75) is 45.2 Å². The molecule has 1 fully saturated rings. The fourth-order valence-corrected chi connectivity index (χ4v) is 3.53. The number of nitrogens with zero attached hydrogens (tertiary/aromatic N) is 4. The second-order valence-electron chi connectivity index (χ2n) is 7.36. The van der Waals surface area contributed by atoms with E-state index in [4.69, 9.17) is 4.52 Å². The van der Waals surface area contributed by atoms with Gasteiger partial charge in [-0.05, 0) is 56.0 Å². The first-order chi connectivity index (χ1) is 13.1. The molecular formula is C21H23FN4O. The molecule has 2 atom stereocenters. The Morgan fingerprint density at radius 1 is 1.15 bits per heavy atom. The van der Waals surface area contributed by atoms with Crippen molar-refractivity contribution in [3.63, 3.8) is 0 Å². The molecule has 3 aromatic rings. The number of halogens is 1. The van der Waals surface area contributed by atoms with Crippen LogP contribution in [0.15, 0.2) is 47.1 Å². The van der Waals surface area contributed by atoms with Crippen molar-refractivity contribution in [3.05, 3.63) is 65.4 Å². The third kappa shape index (κ3) is 4.06. The number of benzene rings is 1. The zero-order valence-electron chi connectivity index (χ0n) is 15.6. The van der Waals surface area contributed by atoms with Gasteiger partial charge in [-0.25, -0.2) is 4.39 Å². The highest BCUT2D eigenvalue weighted by Gasteiger charge is 2.29. The summed E-state index contributed by atoms with van der Waals surface area (Å²) in [7, 11) is 0. The van der Waals surface area contributed by atoms with Gasteiger partial charge < -0.3 is 4.52 Å². The lowest BCUT2D eigenvalue weighted by Gasteiger charge is -2.37. The largest absolute Gasteiger partial charge is 0.332 e. The molecule has 0 amide bonds. The maximum absolute atomic E-state index is 13.1. The molecule has 6 heteroatoms. The van der Waals surface area contributed by atoms with E-state index < -0.39 is 0 Å². The number of likely N-dealkylation sites (tertiary alicyclic amines) is 1. The Kier molecular flexibility index (Phi) is 4.99. The SMILES string of the molecule is Cc1ccc(-c2nc(C3CCC(C)N(Cc4ccc(F)cc4)C3)no2)nc1. The lowest BCUT2D eigenvalue weighted by atomic mass is 9.92. The number of aromatic nitrogens is 3. The van der Waals surface area contributed by atoms with Crippen molar-refractivity contribution in [1.29, 1.82) is 0 Å². The number of hydrogen-bond donors (Lipinski definition) is 0. The summed E-state index contributed by atoms with van der Waals surface area (Å²) in [6, 6.07) is 11.1. The molecule has 0 aliphatic carbocycles. The predicted molar refractivity (Wildman–Crippen MR) is 101 cm³/mol. The Bertz CT molecular complexity index is 891. The highest BCUT2D eigenvalue weighted by molar-refractivity contribution is 5.46. The maximum atomic E-state index is 13.1. The Balaban J connectivity index is 1.47. The first kappa shape index (κ1) is 17.8. The molecule has 27 heavy (non-hydrogen) atoms. The fourth-order valence-electron chi connectivity index (χ4n) is 3.53. The van der Waals surface area contributed by atoms with Gasteiger partial charge in [-0.15, -0.1) is 0 Å². The van der Waals surface area contributed by atoms with Gasteiger partial charge in [0, 0.05) is 31.2 Å². The van der Waals surface area contributed by atoms with Gasteiger partial charge in [0.05, 0.1) is 0 Å². The zero-order valence-corrected chi connectivity index (χ0v) is 15.6. The Morgan fingerprint density at radius 2 is 1.96 bits per heavy atom. The molecule has 4 rings (SSSR count).